The van der Waals surface area contributed by atoms with Crippen LogP contribution in [0.4, 0.5) is 9.59 Å². The number of nitrogens with two attached hydrogens (primary N) is 1. The molecule has 20 heavy (non-hydrogen) atoms. The third-order valence-corrected chi connectivity index (χ3v) is 2.74. The molecule has 0 heterocycles. The second-order valence-corrected chi connectivity index (χ2v) is 5.29. The summed E-state index contributed by atoms with van der Waals surface area (Å²) in [4.78, 5) is 19.6. The highest BCUT2D eigenvalue weighted by molar-refractivity contribution is 7.96. The smallest absolute Gasteiger partial charge is 0.275 e. The molecule has 1 atom stereocenters. The van der Waals surface area contributed by atoms with Gasteiger partial charge in [0.25, 0.3) is 10.5 Å². The van der Waals surface area contributed by atoms with E-state index in [9.17, 15) is 4.79 Å². The van der Waals surface area contributed by atoms with E-state index >= 15 is 0 Å². The van der Waals surface area contributed by atoms with E-state index in [0.29, 0.717) is 5.92 Å². The number of nitrogens with one attached hydrogen (secondary N) is 1. The SMILES string of the molecule is CCCC.CCCCC(CC)CNC(=O)S.NC(=O)S. The molecule has 0 aromatic carbocycles. The molecule has 0 aliphatic rings. The molecular weight excluding hydrogens is 292 g/mol. The lowest BCUT2D eigenvalue weighted by atomic mass is 10.00. The van der Waals surface area contributed by atoms with Gasteiger partial charge in [-0.1, -0.05) is 85.1 Å². The van der Waals surface area contributed by atoms with Crippen molar-refractivity contribution in [2.75, 3.05) is 6.54 Å². The number of unbranched alkanes of at least 4 members (excludes halogenated alkanes) is 2. The zero-order valence-electron chi connectivity index (χ0n) is 13.3. The van der Waals surface area contributed by atoms with E-state index in [-0.39, 0.29) is 5.24 Å². The van der Waals surface area contributed by atoms with Crippen molar-refractivity contribution in [2.45, 2.75) is 66.2 Å². The van der Waals surface area contributed by atoms with Crippen LogP contribution in [0.1, 0.15) is 66.2 Å². The van der Waals surface area contributed by atoms with Gasteiger partial charge >= 0.3 is 0 Å². The van der Waals surface area contributed by atoms with Crippen molar-refractivity contribution in [3.05, 3.63) is 0 Å². The highest BCUT2D eigenvalue weighted by Gasteiger charge is 2.05. The van der Waals surface area contributed by atoms with Crippen LogP contribution < -0.4 is 11.1 Å². The van der Waals surface area contributed by atoms with Crippen LogP contribution in [0, 0.1) is 5.92 Å². The molecule has 0 fully saturated rings. The Bertz CT molecular complexity index is 221. The molecule has 4 nitrogen and oxygen atoms in total. The summed E-state index contributed by atoms with van der Waals surface area (Å²) in [6, 6.07) is 0. The quantitative estimate of drug-likeness (QED) is 0.515. The molecule has 0 aromatic rings. The van der Waals surface area contributed by atoms with Gasteiger partial charge in [-0.2, -0.15) is 0 Å². The Morgan fingerprint density at radius 2 is 1.50 bits per heavy atom. The van der Waals surface area contributed by atoms with E-state index in [2.05, 4.69) is 64.0 Å². The summed E-state index contributed by atoms with van der Waals surface area (Å²) in [5.41, 5.74) is 4.34. The maximum atomic E-state index is 10.5. The standard InChI is InChI=1S/C9H19NOS.C4H10.CH3NOS/c1-3-5-6-8(4-2)7-10-9(11)12;1-3-4-2;2-1(3)4/h8H,3-7H2,1-2H3,(H2,10,11,12);3-4H2,1-2H3;(H3,2,3,4). The van der Waals surface area contributed by atoms with Gasteiger partial charge in [0.15, 0.2) is 0 Å². The molecule has 0 saturated heterocycles. The lowest BCUT2D eigenvalue weighted by Gasteiger charge is -2.13. The summed E-state index contributed by atoms with van der Waals surface area (Å²) in [5, 5.41) is 1.87. The van der Waals surface area contributed by atoms with E-state index in [1.54, 1.807) is 0 Å². The van der Waals surface area contributed by atoms with Crippen molar-refractivity contribution in [2.24, 2.45) is 11.7 Å². The molecule has 0 rings (SSSR count). The minimum Gasteiger partial charge on any atom is -0.361 e. The van der Waals surface area contributed by atoms with Gasteiger partial charge < -0.3 is 11.1 Å². The van der Waals surface area contributed by atoms with Crippen LogP contribution in [0.15, 0.2) is 0 Å². The molecule has 0 saturated carbocycles. The Hall–Kier alpha value is -0.360. The predicted molar refractivity (Wildman–Crippen MR) is 94.8 cm³/mol. The first-order chi connectivity index (χ1) is 9.35. The average molecular weight is 325 g/mol. The molecule has 0 aliphatic carbocycles. The fourth-order valence-electron chi connectivity index (χ4n) is 1.17. The van der Waals surface area contributed by atoms with E-state index < -0.39 is 5.24 Å². The van der Waals surface area contributed by atoms with Gasteiger partial charge in [-0.25, -0.2) is 0 Å². The monoisotopic (exact) mass is 324 g/mol. The molecule has 2 amide bonds. The Labute approximate surface area is 135 Å². The first-order valence-corrected chi connectivity index (χ1v) is 8.20. The molecule has 3 N–H and O–H groups in total. The topological polar surface area (TPSA) is 72.2 Å². The molecule has 1 unspecified atom stereocenters. The normalized spacial score (nSPS) is 10.3. The van der Waals surface area contributed by atoms with E-state index in [1.807, 2.05) is 0 Å². The number of primary amides is 1. The molecular formula is C14H32N2O2S2. The number of carbonyl (C=O) groups excluding carboxylic acids is 2. The van der Waals surface area contributed by atoms with Gasteiger partial charge in [-0.15, -0.1) is 0 Å². The summed E-state index contributed by atoms with van der Waals surface area (Å²) in [7, 11) is 0. The zero-order valence-corrected chi connectivity index (χ0v) is 15.1. The van der Waals surface area contributed by atoms with E-state index in [1.165, 1.54) is 32.1 Å². The number of amides is 2. The van der Waals surface area contributed by atoms with Crippen molar-refractivity contribution in [1.82, 2.24) is 5.32 Å². The van der Waals surface area contributed by atoms with Crippen molar-refractivity contribution in [3.8, 4) is 0 Å². The summed E-state index contributed by atoms with van der Waals surface area (Å²) in [6.07, 6.45) is 7.46. The second kappa shape index (κ2) is 20.9. The van der Waals surface area contributed by atoms with Gasteiger partial charge in [0, 0.05) is 6.54 Å². The predicted octanol–water partition coefficient (Wildman–Crippen LogP) is 4.64. The fourth-order valence-corrected chi connectivity index (χ4v) is 1.27. The Morgan fingerprint density at radius 3 is 1.75 bits per heavy atom. The van der Waals surface area contributed by atoms with Crippen molar-refractivity contribution >= 4 is 35.7 Å². The molecule has 0 spiro atoms. The number of hydrogen-bond donors (Lipinski definition) is 4. The van der Waals surface area contributed by atoms with E-state index in [4.69, 9.17) is 4.79 Å². The maximum Gasteiger partial charge on any atom is 0.275 e. The molecule has 0 radical (unpaired) electrons. The van der Waals surface area contributed by atoms with Crippen LogP contribution in [0.25, 0.3) is 0 Å². The first-order valence-electron chi connectivity index (χ1n) is 7.30. The van der Waals surface area contributed by atoms with Gasteiger partial charge in [0.2, 0.25) is 0 Å². The summed E-state index contributed by atoms with van der Waals surface area (Å²) >= 11 is 6.76. The summed E-state index contributed by atoms with van der Waals surface area (Å²) in [6.45, 7) is 9.48. The van der Waals surface area contributed by atoms with Gasteiger partial charge in [-0.05, 0) is 12.3 Å². The van der Waals surface area contributed by atoms with Crippen LogP contribution >= 0.6 is 25.3 Å². The number of hydrogen-bond acceptors (Lipinski definition) is 2. The zero-order chi connectivity index (χ0) is 16.4. The van der Waals surface area contributed by atoms with Crippen LogP contribution in [0.3, 0.4) is 0 Å². The van der Waals surface area contributed by atoms with E-state index in [0.717, 1.165) is 13.0 Å². The largest absolute Gasteiger partial charge is 0.361 e. The molecule has 0 aliphatic heterocycles. The molecule has 0 bridgehead atoms. The van der Waals surface area contributed by atoms with Gasteiger partial charge in [-0.3, -0.25) is 9.59 Å². The third-order valence-electron chi connectivity index (χ3n) is 2.59. The van der Waals surface area contributed by atoms with Crippen LogP contribution in [0.2, 0.25) is 0 Å². The molecule has 0 aromatic heterocycles. The Morgan fingerprint density at radius 1 is 1.05 bits per heavy atom. The van der Waals surface area contributed by atoms with Crippen molar-refractivity contribution in [1.29, 1.82) is 0 Å². The highest BCUT2D eigenvalue weighted by Crippen LogP contribution is 2.11. The third kappa shape index (κ3) is 36.0. The van der Waals surface area contributed by atoms with Gasteiger partial charge in [0.05, 0.1) is 0 Å². The maximum absolute atomic E-state index is 10.5. The van der Waals surface area contributed by atoms with Gasteiger partial charge in [0.1, 0.15) is 0 Å². The summed E-state index contributed by atoms with van der Waals surface area (Å²) in [5.74, 6) is 0.626. The first kappa shape index (κ1) is 24.6. The Kier molecular flexibility index (Phi) is 25.8. The number of rotatable bonds is 7. The van der Waals surface area contributed by atoms with Crippen LogP contribution in [-0.2, 0) is 0 Å². The Balaban J connectivity index is -0.000000297. The lowest BCUT2D eigenvalue weighted by molar-refractivity contribution is 0.258. The van der Waals surface area contributed by atoms with Crippen molar-refractivity contribution < 1.29 is 9.59 Å². The fraction of sp³-hybridized carbons (Fsp3) is 0.857. The van der Waals surface area contributed by atoms with Crippen LogP contribution in [0.5, 0.6) is 0 Å². The lowest BCUT2D eigenvalue weighted by Crippen LogP contribution is -2.24. The number of carbonyl (C=O) groups is 2. The minimum absolute atomic E-state index is 0.218. The highest BCUT2D eigenvalue weighted by atomic mass is 32.1. The molecule has 122 valence electrons. The molecule has 6 heteroatoms. The minimum atomic E-state index is -0.639. The van der Waals surface area contributed by atoms with Crippen LogP contribution in [-0.4, -0.2) is 17.0 Å². The summed E-state index contributed by atoms with van der Waals surface area (Å²) < 4.78 is 0. The number of thiol groups is 2. The average Bonchev–Trinajstić information content (AvgIpc) is 2.38. The van der Waals surface area contributed by atoms with Crippen molar-refractivity contribution in [3.63, 3.8) is 0 Å². The second-order valence-electron chi connectivity index (χ2n) is 4.44.